The van der Waals surface area contributed by atoms with E-state index in [9.17, 15) is 19.5 Å². The van der Waals surface area contributed by atoms with Crippen molar-refractivity contribution in [1.29, 1.82) is 0 Å². The summed E-state index contributed by atoms with van der Waals surface area (Å²) < 4.78 is 5.20. The summed E-state index contributed by atoms with van der Waals surface area (Å²) in [4.78, 5) is 38.0. The first-order valence-corrected chi connectivity index (χ1v) is 10.6. The number of halogens is 1. The third-order valence-corrected chi connectivity index (χ3v) is 5.63. The van der Waals surface area contributed by atoms with Gasteiger partial charge in [-0.05, 0) is 54.8 Å². The van der Waals surface area contributed by atoms with Crippen LogP contribution >= 0.6 is 11.6 Å². The van der Waals surface area contributed by atoms with Gasteiger partial charge in [0.2, 0.25) is 0 Å². The van der Waals surface area contributed by atoms with Crippen LogP contribution in [0.4, 0.5) is 0 Å². The van der Waals surface area contributed by atoms with E-state index in [0.29, 0.717) is 41.2 Å². The van der Waals surface area contributed by atoms with Gasteiger partial charge in [0.15, 0.2) is 0 Å². The van der Waals surface area contributed by atoms with Crippen molar-refractivity contribution in [2.45, 2.75) is 31.7 Å². The van der Waals surface area contributed by atoms with Crippen molar-refractivity contribution in [3.05, 3.63) is 70.3 Å². The molecule has 8 heteroatoms. The van der Waals surface area contributed by atoms with Gasteiger partial charge in [-0.2, -0.15) is 0 Å². The first kappa shape index (κ1) is 23.3. The number of ether oxygens (including phenoxy) is 1. The molecule has 1 amide bonds. The van der Waals surface area contributed by atoms with Crippen molar-refractivity contribution in [3.63, 3.8) is 0 Å². The number of unbranched alkanes of at least 4 members (excludes halogenated alkanes) is 2. The Labute approximate surface area is 190 Å². The molecule has 0 saturated carbocycles. The molecule has 0 aliphatic carbocycles. The molecule has 1 aliphatic heterocycles. The molecule has 1 aliphatic rings. The molecule has 0 bridgehead atoms. The Morgan fingerprint density at radius 1 is 1.00 bits per heavy atom. The summed E-state index contributed by atoms with van der Waals surface area (Å²) in [7, 11) is 1.54. The molecule has 168 valence electrons. The van der Waals surface area contributed by atoms with Crippen molar-refractivity contribution in [2.24, 2.45) is 0 Å². The lowest BCUT2D eigenvalue weighted by atomic mass is 9.95. The first-order valence-electron chi connectivity index (χ1n) is 10.2. The van der Waals surface area contributed by atoms with Gasteiger partial charge in [-0.1, -0.05) is 30.2 Å². The number of likely N-dealkylation sites (tertiary alicyclic amines) is 1. The minimum atomic E-state index is -0.869. The van der Waals surface area contributed by atoms with E-state index in [4.69, 9.17) is 21.4 Å². The average molecular weight is 458 g/mol. The number of aliphatic carboxylic acids is 1. The second-order valence-electron chi connectivity index (χ2n) is 7.48. The highest BCUT2D eigenvalue weighted by molar-refractivity contribution is 6.46. The zero-order valence-corrected chi connectivity index (χ0v) is 18.3. The molecule has 0 radical (unpaired) electrons. The molecule has 2 aromatic carbocycles. The van der Waals surface area contributed by atoms with E-state index in [2.05, 4.69) is 0 Å². The number of Topliss-reactive ketones (excluding diaryl/α,β-unsaturated/α-hetero) is 1. The first-order chi connectivity index (χ1) is 15.3. The Balaban J connectivity index is 1.97. The molecule has 1 atom stereocenters. The van der Waals surface area contributed by atoms with Crippen molar-refractivity contribution < 1.29 is 29.3 Å². The van der Waals surface area contributed by atoms with Crippen LogP contribution in [-0.4, -0.2) is 46.4 Å². The summed E-state index contributed by atoms with van der Waals surface area (Å²) in [5.74, 6) is -1.97. The topological polar surface area (TPSA) is 104 Å². The van der Waals surface area contributed by atoms with Crippen LogP contribution < -0.4 is 4.74 Å². The van der Waals surface area contributed by atoms with Crippen molar-refractivity contribution in [3.8, 4) is 5.75 Å². The van der Waals surface area contributed by atoms with Gasteiger partial charge in [-0.25, -0.2) is 0 Å². The maximum absolute atomic E-state index is 12.9. The summed E-state index contributed by atoms with van der Waals surface area (Å²) in [6.45, 7) is 0.262. The van der Waals surface area contributed by atoms with Gasteiger partial charge < -0.3 is 19.8 Å². The van der Waals surface area contributed by atoms with Gasteiger partial charge in [-0.15, -0.1) is 0 Å². The van der Waals surface area contributed by atoms with Gasteiger partial charge in [0, 0.05) is 23.6 Å². The fourth-order valence-electron chi connectivity index (χ4n) is 3.74. The standard InChI is InChI=1S/C24H24ClNO6/c1-32-18-12-8-15(9-13-18)21-20(22(29)16-6-10-17(25)11-7-16)23(30)24(31)26(21)14-4-2-3-5-19(27)28/h6-13,21,29H,2-5,14H2,1H3,(H,27,28)/b22-20-. The van der Waals surface area contributed by atoms with E-state index in [0.717, 1.165) is 0 Å². The maximum atomic E-state index is 12.9. The Kier molecular flexibility index (Phi) is 7.53. The van der Waals surface area contributed by atoms with E-state index in [1.807, 2.05) is 0 Å². The molecule has 2 aromatic rings. The zero-order valence-electron chi connectivity index (χ0n) is 17.6. The predicted molar refractivity (Wildman–Crippen MR) is 120 cm³/mol. The quantitative estimate of drug-likeness (QED) is 0.250. The molecule has 1 unspecified atom stereocenters. The number of ketones is 1. The molecule has 3 rings (SSSR count). The smallest absolute Gasteiger partial charge is 0.303 e. The van der Waals surface area contributed by atoms with Crippen LogP contribution in [0.1, 0.15) is 42.9 Å². The van der Waals surface area contributed by atoms with Gasteiger partial charge in [0.1, 0.15) is 11.5 Å². The Hall–Kier alpha value is -3.32. The largest absolute Gasteiger partial charge is 0.507 e. The van der Waals surface area contributed by atoms with E-state index in [1.54, 1.807) is 55.6 Å². The number of nitrogens with zero attached hydrogens (tertiary/aromatic N) is 1. The molecule has 1 fully saturated rings. The van der Waals surface area contributed by atoms with Crippen LogP contribution in [0.25, 0.3) is 5.76 Å². The third kappa shape index (κ3) is 5.11. The van der Waals surface area contributed by atoms with Crippen LogP contribution in [0.2, 0.25) is 5.02 Å². The number of carboxylic acids is 1. The maximum Gasteiger partial charge on any atom is 0.303 e. The van der Waals surface area contributed by atoms with Crippen molar-refractivity contribution in [1.82, 2.24) is 4.90 Å². The Morgan fingerprint density at radius 2 is 1.66 bits per heavy atom. The number of hydrogen-bond acceptors (Lipinski definition) is 5. The third-order valence-electron chi connectivity index (χ3n) is 5.38. The highest BCUT2D eigenvalue weighted by Crippen LogP contribution is 2.40. The van der Waals surface area contributed by atoms with Crippen LogP contribution in [0.5, 0.6) is 5.75 Å². The van der Waals surface area contributed by atoms with Crippen LogP contribution in [0.3, 0.4) is 0 Å². The van der Waals surface area contributed by atoms with Crippen molar-refractivity contribution >= 4 is 35.0 Å². The second-order valence-corrected chi connectivity index (χ2v) is 7.91. The molecule has 1 heterocycles. The van der Waals surface area contributed by atoms with E-state index >= 15 is 0 Å². The molecular formula is C24H24ClNO6. The number of aliphatic hydroxyl groups is 1. The average Bonchev–Trinajstić information content (AvgIpc) is 3.03. The lowest BCUT2D eigenvalue weighted by Crippen LogP contribution is -2.30. The van der Waals surface area contributed by atoms with E-state index < -0.39 is 23.7 Å². The highest BCUT2D eigenvalue weighted by Gasteiger charge is 2.45. The van der Waals surface area contributed by atoms with Crippen LogP contribution in [-0.2, 0) is 14.4 Å². The zero-order chi connectivity index (χ0) is 23.3. The number of methoxy groups -OCH3 is 1. The Bertz CT molecular complexity index is 1030. The molecule has 2 N–H and O–H groups in total. The van der Waals surface area contributed by atoms with Crippen LogP contribution in [0.15, 0.2) is 54.1 Å². The second kappa shape index (κ2) is 10.3. The molecule has 0 spiro atoms. The van der Waals surface area contributed by atoms with E-state index in [-0.39, 0.29) is 24.3 Å². The number of carbonyl (C=O) groups is 3. The fourth-order valence-corrected chi connectivity index (χ4v) is 3.87. The minimum absolute atomic E-state index is 0.00743. The monoisotopic (exact) mass is 457 g/mol. The fraction of sp³-hybridized carbons (Fsp3) is 0.292. The van der Waals surface area contributed by atoms with Gasteiger partial charge >= 0.3 is 5.97 Å². The number of hydrogen-bond donors (Lipinski definition) is 2. The number of rotatable bonds is 9. The van der Waals surface area contributed by atoms with Crippen LogP contribution in [0, 0.1) is 0 Å². The summed E-state index contributed by atoms with van der Waals surface area (Å²) in [6, 6.07) is 12.6. The summed E-state index contributed by atoms with van der Waals surface area (Å²) >= 11 is 5.93. The van der Waals surface area contributed by atoms with Gasteiger partial charge in [0.05, 0.1) is 18.7 Å². The number of aliphatic hydroxyl groups excluding tert-OH is 1. The molecule has 1 saturated heterocycles. The number of amides is 1. The van der Waals surface area contributed by atoms with Crippen molar-refractivity contribution in [2.75, 3.05) is 13.7 Å². The Morgan fingerprint density at radius 3 is 2.25 bits per heavy atom. The molecular weight excluding hydrogens is 434 g/mol. The summed E-state index contributed by atoms with van der Waals surface area (Å²) in [5, 5.41) is 20.2. The van der Waals surface area contributed by atoms with Gasteiger partial charge in [-0.3, -0.25) is 14.4 Å². The number of carboxylic acid groups (broad SMARTS) is 1. The molecule has 0 aromatic heterocycles. The predicted octanol–water partition coefficient (Wildman–Crippen LogP) is 4.42. The molecule has 7 nitrogen and oxygen atoms in total. The number of benzene rings is 2. The summed E-state index contributed by atoms with van der Waals surface area (Å²) in [6.07, 6.45) is 1.67. The molecule has 32 heavy (non-hydrogen) atoms. The van der Waals surface area contributed by atoms with Gasteiger partial charge in [0.25, 0.3) is 11.7 Å². The normalized spacial score (nSPS) is 17.6. The highest BCUT2D eigenvalue weighted by atomic mass is 35.5. The number of carbonyl (C=O) groups excluding carboxylic acids is 2. The SMILES string of the molecule is COc1ccc(C2/C(=C(/O)c3ccc(Cl)cc3)C(=O)C(=O)N2CCCCCC(=O)O)cc1. The summed E-state index contributed by atoms with van der Waals surface area (Å²) in [5.41, 5.74) is 1.05. The minimum Gasteiger partial charge on any atom is -0.507 e. The lowest BCUT2D eigenvalue weighted by molar-refractivity contribution is -0.140. The lowest BCUT2D eigenvalue weighted by Gasteiger charge is -2.25. The van der Waals surface area contributed by atoms with E-state index in [1.165, 1.54) is 4.90 Å².